The van der Waals surface area contributed by atoms with Crippen LogP contribution in [-0.4, -0.2) is 36.7 Å². The van der Waals surface area contributed by atoms with Crippen LogP contribution in [0.15, 0.2) is 72.8 Å². The van der Waals surface area contributed by atoms with Gasteiger partial charge in [0.25, 0.3) is 11.8 Å². The SMILES string of the molecule is COc1cccc(CNCc2ccc(C#Cc3ccc(C(=O)N[C@@H](CN)C(=O)NO)cc3)cc2)c1. The molecule has 1 atom stereocenters. The molecule has 0 fully saturated rings. The normalized spacial score (nSPS) is 11.1. The molecule has 0 aliphatic rings. The van der Waals surface area contributed by atoms with Gasteiger partial charge in [0.1, 0.15) is 11.8 Å². The first kappa shape index (κ1) is 25.5. The van der Waals surface area contributed by atoms with Crippen LogP contribution in [0.2, 0.25) is 0 Å². The second kappa shape index (κ2) is 12.9. The summed E-state index contributed by atoms with van der Waals surface area (Å²) in [5.41, 5.74) is 11.2. The molecule has 3 rings (SSSR count). The van der Waals surface area contributed by atoms with E-state index in [1.807, 2.05) is 42.5 Å². The number of hydroxylamine groups is 1. The molecular formula is C27H28N4O4. The zero-order valence-electron chi connectivity index (χ0n) is 19.4. The third-order valence-electron chi connectivity index (χ3n) is 5.21. The quantitative estimate of drug-likeness (QED) is 0.184. The monoisotopic (exact) mass is 472 g/mol. The van der Waals surface area contributed by atoms with Crippen LogP contribution >= 0.6 is 0 Å². The summed E-state index contributed by atoms with van der Waals surface area (Å²) in [5.74, 6) is 5.78. The Labute approximate surface area is 204 Å². The van der Waals surface area contributed by atoms with Gasteiger partial charge in [0.2, 0.25) is 0 Å². The summed E-state index contributed by atoms with van der Waals surface area (Å²) in [7, 11) is 1.66. The van der Waals surface area contributed by atoms with Gasteiger partial charge in [-0.05, 0) is 59.7 Å². The van der Waals surface area contributed by atoms with Crippen LogP contribution in [0.4, 0.5) is 0 Å². The van der Waals surface area contributed by atoms with Crippen LogP contribution < -0.4 is 26.6 Å². The number of rotatable bonds is 9. The summed E-state index contributed by atoms with van der Waals surface area (Å²) in [4.78, 5) is 23.7. The molecule has 0 aliphatic heterocycles. The highest BCUT2D eigenvalue weighted by Crippen LogP contribution is 2.12. The van der Waals surface area contributed by atoms with Gasteiger partial charge in [-0.15, -0.1) is 0 Å². The van der Waals surface area contributed by atoms with Gasteiger partial charge in [-0.1, -0.05) is 36.1 Å². The maximum absolute atomic E-state index is 12.3. The molecule has 2 amide bonds. The van der Waals surface area contributed by atoms with E-state index in [0.29, 0.717) is 5.56 Å². The third kappa shape index (κ3) is 7.69. The fourth-order valence-corrected chi connectivity index (χ4v) is 3.24. The summed E-state index contributed by atoms with van der Waals surface area (Å²) in [6.45, 7) is 1.34. The Kier molecular flexibility index (Phi) is 9.39. The molecule has 6 N–H and O–H groups in total. The molecule has 0 saturated heterocycles. The lowest BCUT2D eigenvalue weighted by Gasteiger charge is -2.14. The van der Waals surface area contributed by atoms with Crippen LogP contribution in [0.3, 0.4) is 0 Å². The van der Waals surface area contributed by atoms with Crippen molar-refractivity contribution < 1.29 is 19.5 Å². The highest BCUT2D eigenvalue weighted by Gasteiger charge is 2.19. The molecule has 3 aromatic rings. The highest BCUT2D eigenvalue weighted by atomic mass is 16.5. The number of carbonyl (C=O) groups excluding carboxylic acids is 2. The van der Waals surface area contributed by atoms with Crippen LogP contribution in [0.1, 0.15) is 32.6 Å². The Bertz CT molecular complexity index is 1200. The number of amides is 2. The first-order chi connectivity index (χ1) is 17.0. The van der Waals surface area contributed by atoms with Crippen LogP contribution in [0, 0.1) is 11.8 Å². The van der Waals surface area contributed by atoms with E-state index in [4.69, 9.17) is 15.7 Å². The van der Waals surface area contributed by atoms with Crippen molar-refractivity contribution in [2.75, 3.05) is 13.7 Å². The molecule has 8 nitrogen and oxygen atoms in total. The number of hydrogen-bond donors (Lipinski definition) is 5. The molecule has 35 heavy (non-hydrogen) atoms. The van der Waals surface area contributed by atoms with Crippen molar-refractivity contribution >= 4 is 11.8 Å². The number of benzene rings is 3. The minimum absolute atomic E-state index is 0.140. The lowest BCUT2D eigenvalue weighted by molar-refractivity contribution is -0.130. The maximum atomic E-state index is 12.3. The Morgan fingerprint density at radius 3 is 2.17 bits per heavy atom. The van der Waals surface area contributed by atoms with Crippen LogP contribution in [0.25, 0.3) is 0 Å². The summed E-state index contributed by atoms with van der Waals surface area (Å²) < 4.78 is 5.25. The first-order valence-corrected chi connectivity index (χ1v) is 11.0. The van der Waals surface area contributed by atoms with Crippen molar-refractivity contribution in [3.8, 4) is 17.6 Å². The average Bonchev–Trinajstić information content (AvgIpc) is 2.91. The molecule has 8 heteroatoms. The fraction of sp³-hybridized carbons (Fsp3) is 0.185. The molecule has 180 valence electrons. The minimum atomic E-state index is -1.02. The van der Waals surface area contributed by atoms with Gasteiger partial charge in [-0.3, -0.25) is 14.8 Å². The molecule has 0 saturated carbocycles. The summed E-state index contributed by atoms with van der Waals surface area (Å²) >= 11 is 0. The van der Waals surface area contributed by atoms with E-state index in [0.717, 1.165) is 41.1 Å². The van der Waals surface area contributed by atoms with Gasteiger partial charge in [0.15, 0.2) is 0 Å². The average molecular weight is 473 g/mol. The fourth-order valence-electron chi connectivity index (χ4n) is 3.24. The molecular weight excluding hydrogens is 444 g/mol. The topological polar surface area (TPSA) is 126 Å². The molecule has 0 bridgehead atoms. The second-order valence-corrected chi connectivity index (χ2v) is 7.72. The summed E-state index contributed by atoms with van der Waals surface area (Å²) in [5, 5.41) is 14.6. The van der Waals surface area contributed by atoms with E-state index in [-0.39, 0.29) is 6.54 Å². The Balaban J connectivity index is 1.52. The van der Waals surface area contributed by atoms with E-state index in [2.05, 4.69) is 28.5 Å². The first-order valence-electron chi connectivity index (χ1n) is 11.0. The van der Waals surface area contributed by atoms with Gasteiger partial charge in [0.05, 0.1) is 7.11 Å². The van der Waals surface area contributed by atoms with Crippen molar-refractivity contribution in [1.82, 2.24) is 16.1 Å². The highest BCUT2D eigenvalue weighted by molar-refractivity contribution is 5.97. The van der Waals surface area contributed by atoms with Crippen molar-refractivity contribution in [1.29, 1.82) is 0 Å². The molecule has 0 spiro atoms. The molecule has 3 aromatic carbocycles. The summed E-state index contributed by atoms with van der Waals surface area (Å²) in [6.07, 6.45) is 0. The van der Waals surface area contributed by atoms with E-state index in [9.17, 15) is 9.59 Å². The molecule has 0 aliphatic carbocycles. The van der Waals surface area contributed by atoms with Gasteiger partial charge >= 0.3 is 0 Å². The Morgan fingerprint density at radius 1 is 0.943 bits per heavy atom. The van der Waals surface area contributed by atoms with Crippen molar-refractivity contribution in [3.63, 3.8) is 0 Å². The lowest BCUT2D eigenvalue weighted by Crippen LogP contribution is -2.50. The largest absolute Gasteiger partial charge is 0.497 e. The number of methoxy groups -OCH3 is 1. The van der Waals surface area contributed by atoms with E-state index in [1.54, 1.807) is 31.4 Å². The van der Waals surface area contributed by atoms with Gasteiger partial charge in [-0.25, -0.2) is 5.48 Å². The van der Waals surface area contributed by atoms with Gasteiger partial charge in [-0.2, -0.15) is 0 Å². The Hall–Kier alpha value is -4.16. The molecule has 0 unspecified atom stereocenters. The van der Waals surface area contributed by atoms with Gasteiger partial charge in [0, 0.05) is 36.3 Å². The lowest BCUT2D eigenvalue weighted by atomic mass is 10.1. The zero-order chi connectivity index (χ0) is 25.0. The van der Waals surface area contributed by atoms with E-state index in [1.165, 1.54) is 5.48 Å². The molecule has 0 radical (unpaired) electrons. The van der Waals surface area contributed by atoms with Crippen LogP contribution in [0.5, 0.6) is 5.75 Å². The summed E-state index contributed by atoms with van der Waals surface area (Å²) in [6, 6.07) is 21.6. The smallest absolute Gasteiger partial charge is 0.267 e. The van der Waals surface area contributed by atoms with Gasteiger partial charge < -0.3 is 21.1 Å². The van der Waals surface area contributed by atoms with Crippen LogP contribution in [-0.2, 0) is 17.9 Å². The van der Waals surface area contributed by atoms with Crippen molar-refractivity contribution in [2.24, 2.45) is 5.73 Å². The number of nitrogens with one attached hydrogen (secondary N) is 3. The molecule has 0 aromatic heterocycles. The number of ether oxygens (including phenoxy) is 1. The number of hydrogen-bond acceptors (Lipinski definition) is 6. The zero-order valence-corrected chi connectivity index (χ0v) is 19.4. The second-order valence-electron chi connectivity index (χ2n) is 7.72. The standard InChI is InChI=1S/C27H28N4O4/c1-35-24-4-2-3-22(15-24)18-29-17-21-9-7-19(8-10-21)5-6-20-11-13-23(14-12-20)26(32)30-25(16-28)27(33)31-34/h2-4,7-15,25,29,34H,16-18,28H2,1H3,(H,30,32)(H,31,33)/t25-/m0/s1. The predicted molar refractivity (Wildman–Crippen MR) is 133 cm³/mol. The number of carbonyl (C=O) groups is 2. The Morgan fingerprint density at radius 2 is 1.57 bits per heavy atom. The predicted octanol–water partition coefficient (Wildman–Crippen LogP) is 1.95. The maximum Gasteiger partial charge on any atom is 0.267 e. The van der Waals surface area contributed by atoms with Crippen molar-refractivity contribution in [3.05, 3.63) is 101 Å². The third-order valence-corrected chi connectivity index (χ3v) is 5.21. The van der Waals surface area contributed by atoms with Crippen molar-refractivity contribution in [2.45, 2.75) is 19.1 Å². The number of nitrogens with two attached hydrogens (primary N) is 1. The van der Waals surface area contributed by atoms with E-state index < -0.39 is 17.9 Å². The van der Waals surface area contributed by atoms with E-state index >= 15 is 0 Å². The minimum Gasteiger partial charge on any atom is -0.497 e. The molecule has 0 heterocycles.